The Balaban J connectivity index is 1.30. The van der Waals surface area contributed by atoms with Crippen molar-refractivity contribution in [1.82, 2.24) is 19.9 Å². The Kier molecular flexibility index (Phi) is 5.85. The first-order valence-electron chi connectivity index (χ1n) is 10.7. The Morgan fingerprint density at radius 1 is 0.618 bits per heavy atom. The fourth-order valence-corrected chi connectivity index (χ4v) is 3.41. The van der Waals surface area contributed by atoms with Crippen LogP contribution in [0.4, 0.5) is 11.6 Å². The smallest absolute Gasteiger partial charge is 0.154 e. The first-order chi connectivity index (χ1) is 16.7. The fraction of sp³-hybridized carbons (Fsp3) is 0.0769. The van der Waals surface area contributed by atoms with Crippen molar-refractivity contribution in [2.45, 2.75) is 0 Å². The molecule has 8 nitrogen and oxygen atoms in total. The molecule has 0 atom stereocenters. The van der Waals surface area contributed by atoms with Gasteiger partial charge in [0.15, 0.2) is 11.6 Å². The van der Waals surface area contributed by atoms with Crippen molar-refractivity contribution >= 4 is 45.9 Å². The Morgan fingerprint density at radius 2 is 1.09 bits per heavy atom. The number of anilines is 2. The highest BCUT2D eigenvalue weighted by molar-refractivity contribution is 5.86. The third-order valence-corrected chi connectivity index (χ3v) is 5.27. The minimum Gasteiger partial charge on any atom is -0.251 e. The second-order valence-electron chi connectivity index (χ2n) is 7.63. The number of para-hydroxylation sites is 2. The van der Waals surface area contributed by atoms with Crippen molar-refractivity contribution in [3.8, 4) is 0 Å². The Morgan fingerprint density at radius 3 is 1.59 bits per heavy atom. The number of rotatable bonds is 6. The van der Waals surface area contributed by atoms with E-state index in [9.17, 15) is 0 Å². The van der Waals surface area contributed by atoms with Gasteiger partial charge in [0.25, 0.3) is 0 Å². The highest BCUT2D eigenvalue weighted by Crippen LogP contribution is 2.17. The molecule has 5 aromatic rings. The van der Waals surface area contributed by atoms with Crippen LogP contribution in [0.1, 0.15) is 11.4 Å². The molecule has 2 aromatic carbocycles. The largest absolute Gasteiger partial charge is 0.251 e. The van der Waals surface area contributed by atoms with Crippen LogP contribution in [0.2, 0.25) is 0 Å². The van der Waals surface area contributed by atoms with Crippen molar-refractivity contribution in [2.24, 2.45) is 10.2 Å². The van der Waals surface area contributed by atoms with Crippen LogP contribution in [0, 0.1) is 0 Å². The van der Waals surface area contributed by atoms with Gasteiger partial charge in [-0.2, -0.15) is 10.2 Å². The zero-order valence-corrected chi connectivity index (χ0v) is 18.8. The molecule has 0 saturated carbocycles. The number of fused-ring (bicyclic) bond motifs is 2. The quantitative estimate of drug-likeness (QED) is 0.282. The summed E-state index contributed by atoms with van der Waals surface area (Å²) >= 11 is 0. The molecule has 0 radical (unpaired) electrons. The van der Waals surface area contributed by atoms with Crippen molar-refractivity contribution in [3.63, 3.8) is 0 Å². The van der Waals surface area contributed by atoms with Gasteiger partial charge in [0.05, 0.1) is 34.9 Å². The van der Waals surface area contributed by atoms with Gasteiger partial charge in [-0.05, 0) is 24.3 Å². The van der Waals surface area contributed by atoms with E-state index in [1.165, 1.54) is 6.33 Å². The number of benzene rings is 2. The van der Waals surface area contributed by atoms with Gasteiger partial charge in [-0.25, -0.2) is 19.9 Å². The van der Waals surface area contributed by atoms with E-state index >= 15 is 0 Å². The van der Waals surface area contributed by atoms with Crippen LogP contribution in [0.15, 0.2) is 95.4 Å². The van der Waals surface area contributed by atoms with Gasteiger partial charge in [-0.3, -0.25) is 10.0 Å². The SMILES string of the molecule is CN(/N=C/c1ccc2ccccc2n1)c1cc(N(C)/N=C/c2ccc3ccccc3n2)ncn1. The van der Waals surface area contributed by atoms with Crippen LogP contribution < -0.4 is 10.0 Å². The van der Waals surface area contributed by atoms with Crippen molar-refractivity contribution in [2.75, 3.05) is 24.1 Å². The molecule has 3 heterocycles. The summed E-state index contributed by atoms with van der Waals surface area (Å²) in [6, 6.07) is 25.7. The Hall–Kier alpha value is -4.72. The second-order valence-corrected chi connectivity index (χ2v) is 7.63. The normalized spacial score (nSPS) is 11.6. The summed E-state index contributed by atoms with van der Waals surface area (Å²) in [5.41, 5.74) is 3.39. The van der Waals surface area contributed by atoms with Crippen molar-refractivity contribution in [1.29, 1.82) is 0 Å². The van der Waals surface area contributed by atoms with Gasteiger partial charge in [0.2, 0.25) is 0 Å². The number of pyridine rings is 2. The van der Waals surface area contributed by atoms with Crippen LogP contribution in [0.25, 0.3) is 21.8 Å². The van der Waals surface area contributed by atoms with Crippen LogP contribution in [0.3, 0.4) is 0 Å². The standard InChI is InChI=1S/C26H22N8/c1-33(29-16-21-13-11-19-7-3-5-9-23(19)31-21)25-15-26(28-18-27-25)34(2)30-17-22-14-12-20-8-4-6-10-24(20)32-22/h3-18H,1-2H3/b29-16+,30-17+. The maximum atomic E-state index is 4.62. The molecule has 0 saturated heterocycles. The molecular weight excluding hydrogens is 424 g/mol. The summed E-state index contributed by atoms with van der Waals surface area (Å²) in [6.07, 6.45) is 4.91. The van der Waals surface area contributed by atoms with Crippen molar-refractivity contribution < 1.29 is 0 Å². The molecule has 0 unspecified atom stereocenters. The van der Waals surface area contributed by atoms with E-state index in [0.717, 1.165) is 33.2 Å². The van der Waals surface area contributed by atoms with E-state index in [1.54, 1.807) is 22.4 Å². The molecule has 0 aliphatic rings. The summed E-state index contributed by atoms with van der Waals surface area (Å²) in [6.45, 7) is 0. The first-order valence-corrected chi connectivity index (χ1v) is 10.7. The average molecular weight is 447 g/mol. The molecule has 3 aromatic heterocycles. The van der Waals surface area contributed by atoms with Crippen LogP contribution in [-0.4, -0.2) is 46.5 Å². The lowest BCUT2D eigenvalue weighted by Gasteiger charge is -2.15. The van der Waals surface area contributed by atoms with Crippen molar-refractivity contribution in [3.05, 3.63) is 96.6 Å². The molecule has 166 valence electrons. The molecule has 5 rings (SSSR count). The van der Waals surface area contributed by atoms with E-state index in [1.807, 2.05) is 93.0 Å². The predicted molar refractivity (Wildman–Crippen MR) is 138 cm³/mol. The van der Waals surface area contributed by atoms with Gasteiger partial charge >= 0.3 is 0 Å². The molecule has 0 spiro atoms. The number of hydrogen-bond acceptors (Lipinski definition) is 8. The monoisotopic (exact) mass is 446 g/mol. The molecule has 0 aliphatic heterocycles. The highest BCUT2D eigenvalue weighted by Gasteiger charge is 2.07. The molecular formula is C26H22N8. The molecule has 0 amide bonds. The summed E-state index contributed by atoms with van der Waals surface area (Å²) < 4.78 is 0. The Bertz CT molecular complexity index is 1400. The van der Waals surface area contributed by atoms with Gasteiger partial charge in [-0.1, -0.05) is 48.5 Å². The summed E-state index contributed by atoms with van der Waals surface area (Å²) in [5.74, 6) is 1.26. The molecule has 0 bridgehead atoms. The van der Waals surface area contributed by atoms with Crippen LogP contribution in [-0.2, 0) is 0 Å². The maximum Gasteiger partial charge on any atom is 0.154 e. The minimum absolute atomic E-state index is 0.632. The van der Waals surface area contributed by atoms with E-state index in [0.29, 0.717) is 11.6 Å². The molecule has 0 fully saturated rings. The highest BCUT2D eigenvalue weighted by atomic mass is 15.5. The third kappa shape index (κ3) is 4.71. The lowest BCUT2D eigenvalue weighted by Crippen LogP contribution is -2.15. The molecule has 0 N–H and O–H groups in total. The van der Waals surface area contributed by atoms with E-state index < -0.39 is 0 Å². The second kappa shape index (κ2) is 9.41. The van der Waals surface area contributed by atoms with Crippen LogP contribution >= 0.6 is 0 Å². The van der Waals surface area contributed by atoms with Gasteiger partial charge in [0, 0.05) is 30.9 Å². The van der Waals surface area contributed by atoms with E-state index in [4.69, 9.17) is 0 Å². The van der Waals surface area contributed by atoms with E-state index in [2.05, 4.69) is 30.1 Å². The fourth-order valence-electron chi connectivity index (χ4n) is 3.41. The number of nitrogens with zero attached hydrogens (tertiary/aromatic N) is 8. The zero-order chi connectivity index (χ0) is 23.3. The Labute approximate surface area is 196 Å². The van der Waals surface area contributed by atoms with Crippen LogP contribution in [0.5, 0.6) is 0 Å². The average Bonchev–Trinajstić information content (AvgIpc) is 2.90. The number of aromatic nitrogens is 4. The maximum absolute atomic E-state index is 4.62. The molecule has 34 heavy (non-hydrogen) atoms. The summed E-state index contributed by atoms with van der Waals surface area (Å²) in [4.78, 5) is 17.9. The topological polar surface area (TPSA) is 82.8 Å². The predicted octanol–water partition coefficient (Wildman–Crippen LogP) is 4.51. The molecule has 8 heteroatoms. The molecule has 0 aliphatic carbocycles. The van der Waals surface area contributed by atoms with Gasteiger partial charge < -0.3 is 0 Å². The van der Waals surface area contributed by atoms with Gasteiger partial charge in [-0.15, -0.1) is 0 Å². The summed E-state index contributed by atoms with van der Waals surface area (Å²) in [7, 11) is 3.65. The number of hydrazone groups is 2. The minimum atomic E-state index is 0.632. The van der Waals surface area contributed by atoms with E-state index in [-0.39, 0.29) is 0 Å². The first kappa shape index (κ1) is 21.1. The number of hydrogen-bond donors (Lipinski definition) is 0. The van der Waals surface area contributed by atoms with Gasteiger partial charge in [0.1, 0.15) is 6.33 Å². The third-order valence-electron chi connectivity index (χ3n) is 5.27. The zero-order valence-electron chi connectivity index (χ0n) is 18.8. The lowest BCUT2D eigenvalue weighted by atomic mass is 10.2. The lowest BCUT2D eigenvalue weighted by molar-refractivity contribution is 0.931. The summed E-state index contributed by atoms with van der Waals surface area (Å²) in [5, 5.41) is 14.5.